The van der Waals surface area contributed by atoms with Crippen LogP contribution in [0.4, 0.5) is 17.1 Å². The van der Waals surface area contributed by atoms with Crippen LogP contribution in [0.25, 0.3) is 55.3 Å². The van der Waals surface area contributed by atoms with E-state index in [2.05, 4.69) is 207 Å². The average Bonchev–Trinajstić information content (AvgIpc) is 3.41. The van der Waals surface area contributed by atoms with Gasteiger partial charge in [-0.15, -0.1) is 0 Å². The van der Waals surface area contributed by atoms with Gasteiger partial charge in [0, 0.05) is 22.4 Å². The van der Waals surface area contributed by atoms with Crippen molar-refractivity contribution in [1.29, 1.82) is 0 Å². The van der Waals surface area contributed by atoms with Crippen molar-refractivity contribution in [3.63, 3.8) is 0 Å². The number of hydrogen-bond donors (Lipinski definition) is 0. The minimum atomic E-state index is -0.167. The Labute approximate surface area is 294 Å². The topological polar surface area (TPSA) is 3.24 Å². The molecule has 0 unspecified atom stereocenters. The number of nitrogens with zero attached hydrogens (tertiary/aromatic N) is 1. The molecule has 1 heteroatoms. The molecule has 0 aliphatic heterocycles. The van der Waals surface area contributed by atoms with Gasteiger partial charge in [-0.3, -0.25) is 0 Å². The molecular formula is C49H37N. The quantitative estimate of drug-likeness (QED) is 0.175. The van der Waals surface area contributed by atoms with E-state index in [4.69, 9.17) is 0 Å². The molecule has 50 heavy (non-hydrogen) atoms. The fourth-order valence-electron chi connectivity index (χ4n) is 7.90. The molecular weight excluding hydrogens is 603 g/mol. The van der Waals surface area contributed by atoms with E-state index in [-0.39, 0.29) is 5.41 Å². The maximum Gasteiger partial charge on any atom is 0.0546 e. The maximum atomic E-state index is 2.46. The molecule has 238 valence electrons. The Balaban J connectivity index is 1.27. The van der Waals surface area contributed by atoms with Gasteiger partial charge in [-0.25, -0.2) is 0 Å². The highest BCUT2D eigenvalue weighted by molar-refractivity contribution is 5.99. The second kappa shape index (κ2) is 12.1. The molecule has 8 aromatic carbocycles. The first-order chi connectivity index (χ1) is 24.6. The van der Waals surface area contributed by atoms with E-state index in [0.29, 0.717) is 0 Å². The summed E-state index contributed by atoms with van der Waals surface area (Å²) >= 11 is 0. The van der Waals surface area contributed by atoms with Crippen LogP contribution in [-0.4, -0.2) is 0 Å². The third-order valence-corrected chi connectivity index (χ3v) is 10.4. The molecule has 0 bridgehead atoms. The second-order valence-corrected chi connectivity index (χ2v) is 13.8. The summed E-state index contributed by atoms with van der Waals surface area (Å²) < 4.78 is 0. The molecule has 0 saturated carbocycles. The van der Waals surface area contributed by atoms with Crippen LogP contribution in [0.5, 0.6) is 0 Å². The minimum Gasteiger partial charge on any atom is -0.310 e. The van der Waals surface area contributed by atoms with Crippen LogP contribution in [0.15, 0.2) is 188 Å². The SMILES string of the molecule is CC1(C)c2cc(N(c3ccc(-c4ccccc4)cc3)c3cc4ccccc4cc3-c3ccccc3)ccc2-c2c(-c3ccccc3)cccc21. The van der Waals surface area contributed by atoms with Gasteiger partial charge in [0.15, 0.2) is 0 Å². The molecule has 1 aliphatic carbocycles. The molecule has 9 rings (SSSR count). The predicted octanol–water partition coefficient (Wildman–Crippen LogP) is 13.6. The zero-order valence-electron chi connectivity index (χ0n) is 28.3. The molecule has 8 aromatic rings. The second-order valence-electron chi connectivity index (χ2n) is 13.8. The molecule has 0 atom stereocenters. The Kier molecular flexibility index (Phi) is 7.21. The van der Waals surface area contributed by atoms with Crippen LogP contribution in [0.2, 0.25) is 0 Å². The summed E-state index contributed by atoms with van der Waals surface area (Å²) in [5.41, 5.74) is 16.0. The van der Waals surface area contributed by atoms with Gasteiger partial charge in [-0.2, -0.15) is 0 Å². The van der Waals surface area contributed by atoms with Gasteiger partial charge in [-0.1, -0.05) is 166 Å². The molecule has 0 amide bonds. The monoisotopic (exact) mass is 639 g/mol. The first-order valence-corrected chi connectivity index (χ1v) is 17.4. The summed E-state index contributed by atoms with van der Waals surface area (Å²) in [6, 6.07) is 68.6. The molecule has 0 N–H and O–H groups in total. The van der Waals surface area contributed by atoms with Gasteiger partial charge in [0.1, 0.15) is 0 Å². The van der Waals surface area contributed by atoms with Gasteiger partial charge in [0.2, 0.25) is 0 Å². The van der Waals surface area contributed by atoms with Crippen molar-refractivity contribution in [2.75, 3.05) is 4.90 Å². The van der Waals surface area contributed by atoms with Crippen molar-refractivity contribution < 1.29 is 0 Å². The summed E-state index contributed by atoms with van der Waals surface area (Å²) in [6.07, 6.45) is 0. The number of fused-ring (bicyclic) bond motifs is 4. The van der Waals surface area contributed by atoms with E-state index in [1.807, 2.05) is 0 Å². The van der Waals surface area contributed by atoms with Gasteiger partial charge < -0.3 is 4.90 Å². The lowest BCUT2D eigenvalue weighted by molar-refractivity contribution is 0.660. The number of hydrogen-bond acceptors (Lipinski definition) is 1. The Morgan fingerprint density at radius 2 is 0.900 bits per heavy atom. The van der Waals surface area contributed by atoms with Crippen molar-refractivity contribution >= 4 is 27.8 Å². The first-order valence-electron chi connectivity index (χ1n) is 17.4. The molecule has 0 aromatic heterocycles. The van der Waals surface area contributed by atoms with Crippen LogP contribution in [0.3, 0.4) is 0 Å². The van der Waals surface area contributed by atoms with Crippen LogP contribution in [0, 0.1) is 0 Å². The molecule has 0 fully saturated rings. The largest absolute Gasteiger partial charge is 0.310 e. The highest BCUT2D eigenvalue weighted by Gasteiger charge is 2.37. The lowest BCUT2D eigenvalue weighted by atomic mass is 9.81. The third-order valence-electron chi connectivity index (χ3n) is 10.4. The molecule has 0 heterocycles. The van der Waals surface area contributed by atoms with E-state index in [1.165, 1.54) is 66.4 Å². The van der Waals surface area contributed by atoms with Crippen LogP contribution in [0.1, 0.15) is 25.0 Å². The predicted molar refractivity (Wildman–Crippen MR) is 213 cm³/mol. The van der Waals surface area contributed by atoms with Crippen LogP contribution >= 0.6 is 0 Å². The van der Waals surface area contributed by atoms with E-state index >= 15 is 0 Å². The normalized spacial score (nSPS) is 12.8. The summed E-state index contributed by atoms with van der Waals surface area (Å²) in [5, 5.41) is 2.45. The summed E-state index contributed by atoms with van der Waals surface area (Å²) in [6.45, 7) is 4.75. The van der Waals surface area contributed by atoms with Crippen molar-refractivity contribution in [3.05, 3.63) is 199 Å². The first kappa shape index (κ1) is 29.9. The van der Waals surface area contributed by atoms with Gasteiger partial charge >= 0.3 is 0 Å². The van der Waals surface area contributed by atoms with Crippen molar-refractivity contribution in [2.45, 2.75) is 19.3 Å². The van der Waals surface area contributed by atoms with Crippen molar-refractivity contribution in [3.8, 4) is 44.5 Å². The third kappa shape index (κ3) is 5.02. The fourth-order valence-corrected chi connectivity index (χ4v) is 7.90. The van der Waals surface area contributed by atoms with Crippen molar-refractivity contribution in [1.82, 2.24) is 0 Å². The standard InChI is InChI=1S/C49H37N/c1-49(2)45-24-14-23-42(36-17-8-4-9-18-36)48(45)43-30-29-41(33-46(43)49)50(40-27-25-35(26-28-40)34-15-6-3-7-16-34)47-32-39-22-13-12-21-38(39)31-44(47)37-19-10-5-11-20-37/h3-33H,1-2H3. The lowest BCUT2D eigenvalue weighted by Crippen LogP contribution is -2.17. The Morgan fingerprint density at radius 1 is 0.360 bits per heavy atom. The van der Waals surface area contributed by atoms with E-state index in [9.17, 15) is 0 Å². The Morgan fingerprint density at radius 3 is 1.56 bits per heavy atom. The molecule has 0 radical (unpaired) electrons. The van der Waals surface area contributed by atoms with Crippen LogP contribution in [-0.2, 0) is 5.41 Å². The zero-order chi connectivity index (χ0) is 33.7. The summed E-state index contributed by atoms with van der Waals surface area (Å²) in [7, 11) is 0. The Bertz CT molecular complexity index is 2480. The fraction of sp³-hybridized carbons (Fsp3) is 0.0612. The van der Waals surface area contributed by atoms with Crippen LogP contribution < -0.4 is 4.90 Å². The summed E-state index contributed by atoms with van der Waals surface area (Å²) in [5.74, 6) is 0. The van der Waals surface area contributed by atoms with E-state index in [0.717, 1.165) is 17.1 Å². The number of anilines is 3. The molecule has 1 nitrogen and oxygen atoms in total. The number of rotatable bonds is 6. The zero-order valence-corrected chi connectivity index (χ0v) is 28.3. The van der Waals surface area contributed by atoms with E-state index in [1.54, 1.807) is 0 Å². The highest BCUT2D eigenvalue weighted by Crippen LogP contribution is 2.54. The molecule has 1 aliphatic rings. The van der Waals surface area contributed by atoms with Gasteiger partial charge in [-0.05, 0) is 97.2 Å². The molecule has 0 saturated heterocycles. The van der Waals surface area contributed by atoms with E-state index < -0.39 is 0 Å². The summed E-state index contributed by atoms with van der Waals surface area (Å²) in [4.78, 5) is 2.46. The van der Waals surface area contributed by atoms with Gasteiger partial charge in [0.25, 0.3) is 0 Å². The smallest absolute Gasteiger partial charge is 0.0546 e. The maximum absolute atomic E-state index is 2.46. The van der Waals surface area contributed by atoms with Crippen molar-refractivity contribution in [2.24, 2.45) is 0 Å². The number of benzene rings is 8. The lowest BCUT2D eigenvalue weighted by Gasteiger charge is -2.30. The Hall–Kier alpha value is -6.18. The molecule has 0 spiro atoms. The van der Waals surface area contributed by atoms with Gasteiger partial charge in [0.05, 0.1) is 5.69 Å². The minimum absolute atomic E-state index is 0.167. The highest BCUT2D eigenvalue weighted by atomic mass is 15.1. The average molecular weight is 640 g/mol.